The Bertz CT molecular complexity index is 1300. The van der Waals surface area contributed by atoms with Gasteiger partial charge in [-0.1, -0.05) is 23.8 Å². The maximum Gasteiger partial charge on any atom is 0.423 e. The molecule has 3 aliphatic carbocycles. The number of ether oxygens (including phenoxy) is 1. The van der Waals surface area contributed by atoms with Gasteiger partial charge in [-0.15, -0.1) is 0 Å². The standard InChI is InChI=1S/C25H20FNO7/c1-10-8-17(28)20-15(21(10)29)9-14-11(18(20)12-4-3-5-16(26)22(12)30)6-7-13-19(14)24(32)27(23(13)31)25(33)34-2/h3-6,8,13-14,18-19,30H,7,9H2,1-2H3/t13-,14+,18+,19-/m0/s1. The first-order chi connectivity index (χ1) is 16.2. The van der Waals surface area contributed by atoms with Crippen LogP contribution in [0.2, 0.25) is 0 Å². The van der Waals surface area contributed by atoms with Crippen LogP contribution in [0.25, 0.3) is 0 Å². The molecule has 1 saturated heterocycles. The second-order valence-electron chi connectivity index (χ2n) is 8.89. The highest BCUT2D eigenvalue weighted by molar-refractivity contribution is 6.24. The van der Waals surface area contributed by atoms with E-state index in [0.717, 1.165) is 13.2 Å². The first-order valence-electron chi connectivity index (χ1n) is 10.8. The zero-order chi connectivity index (χ0) is 24.5. The van der Waals surface area contributed by atoms with Crippen LogP contribution in [0.15, 0.2) is 52.6 Å². The van der Waals surface area contributed by atoms with Gasteiger partial charge in [0.05, 0.1) is 18.9 Å². The summed E-state index contributed by atoms with van der Waals surface area (Å²) in [4.78, 5) is 64.9. The number of phenols is 1. The molecule has 1 aromatic carbocycles. The number of rotatable bonds is 1. The van der Waals surface area contributed by atoms with Gasteiger partial charge >= 0.3 is 6.09 Å². The third-order valence-electron chi connectivity index (χ3n) is 7.25. The number of hydrogen-bond donors (Lipinski definition) is 1. The maximum absolute atomic E-state index is 14.3. The molecule has 174 valence electrons. The summed E-state index contributed by atoms with van der Waals surface area (Å²) in [6.07, 6.45) is 1.97. The van der Waals surface area contributed by atoms with Crippen molar-refractivity contribution in [2.45, 2.75) is 25.7 Å². The Morgan fingerprint density at radius 1 is 1.15 bits per heavy atom. The van der Waals surface area contributed by atoms with Crippen molar-refractivity contribution in [3.63, 3.8) is 0 Å². The molecule has 3 amide bonds. The number of allylic oxidation sites excluding steroid dienone is 6. The van der Waals surface area contributed by atoms with Crippen molar-refractivity contribution in [1.29, 1.82) is 0 Å². The van der Waals surface area contributed by atoms with Crippen LogP contribution in [0.4, 0.5) is 9.18 Å². The normalized spacial score (nSPS) is 28.3. The molecule has 9 heteroatoms. The Hall–Kier alpha value is -3.88. The maximum atomic E-state index is 14.3. The van der Waals surface area contributed by atoms with Crippen molar-refractivity contribution in [3.05, 3.63) is 64.0 Å². The number of halogens is 1. The lowest BCUT2D eigenvalue weighted by Gasteiger charge is -2.42. The van der Waals surface area contributed by atoms with Gasteiger partial charge in [0.1, 0.15) is 0 Å². The number of ketones is 2. The van der Waals surface area contributed by atoms with Crippen LogP contribution in [-0.2, 0) is 23.9 Å². The van der Waals surface area contributed by atoms with Crippen LogP contribution in [-0.4, -0.2) is 46.6 Å². The van der Waals surface area contributed by atoms with Crippen LogP contribution in [0, 0.1) is 23.6 Å². The van der Waals surface area contributed by atoms with Crippen molar-refractivity contribution in [2.24, 2.45) is 17.8 Å². The van der Waals surface area contributed by atoms with Crippen LogP contribution >= 0.6 is 0 Å². The fraction of sp³-hybridized carbons (Fsp3) is 0.320. The Kier molecular flexibility index (Phi) is 4.89. The van der Waals surface area contributed by atoms with E-state index in [1.807, 2.05) is 0 Å². The summed E-state index contributed by atoms with van der Waals surface area (Å²) in [6.45, 7) is 1.51. The van der Waals surface area contributed by atoms with Gasteiger partial charge in [-0.2, -0.15) is 4.90 Å². The number of benzene rings is 1. The number of nitrogens with zero attached hydrogens (tertiary/aromatic N) is 1. The third-order valence-corrected chi connectivity index (χ3v) is 7.25. The monoisotopic (exact) mass is 465 g/mol. The number of methoxy groups -OCH3 is 1. The van der Waals surface area contributed by atoms with Crippen molar-refractivity contribution in [3.8, 4) is 5.75 Å². The average molecular weight is 465 g/mol. The zero-order valence-corrected chi connectivity index (χ0v) is 18.3. The minimum Gasteiger partial charge on any atom is -0.505 e. The van der Waals surface area contributed by atoms with Gasteiger partial charge in [-0.25, -0.2) is 9.18 Å². The molecule has 8 nitrogen and oxygen atoms in total. The molecule has 0 spiro atoms. The fourth-order valence-corrected chi connectivity index (χ4v) is 5.77. The van der Waals surface area contributed by atoms with E-state index in [1.54, 1.807) is 6.08 Å². The summed E-state index contributed by atoms with van der Waals surface area (Å²) in [5, 5.41) is 10.5. The van der Waals surface area contributed by atoms with Gasteiger partial charge in [0.15, 0.2) is 23.1 Å². The number of carbonyl (C=O) groups is 5. The summed E-state index contributed by atoms with van der Waals surface area (Å²) in [5.41, 5.74) is 1.19. The molecule has 0 saturated carbocycles. The largest absolute Gasteiger partial charge is 0.505 e. The molecule has 34 heavy (non-hydrogen) atoms. The molecular formula is C25H20FNO7. The van der Waals surface area contributed by atoms with Gasteiger partial charge in [-0.3, -0.25) is 19.2 Å². The summed E-state index contributed by atoms with van der Waals surface area (Å²) in [6, 6.07) is 3.93. The van der Waals surface area contributed by atoms with Gasteiger partial charge in [0, 0.05) is 28.2 Å². The average Bonchev–Trinajstić information content (AvgIpc) is 3.07. The highest BCUT2D eigenvalue weighted by Crippen LogP contribution is 2.56. The number of carbonyl (C=O) groups excluding carboxylic acids is 5. The lowest BCUT2D eigenvalue weighted by atomic mass is 9.59. The van der Waals surface area contributed by atoms with Gasteiger partial charge in [0.2, 0.25) is 11.8 Å². The lowest BCUT2D eigenvalue weighted by molar-refractivity contribution is -0.137. The number of likely N-dealkylation sites (tertiary alicyclic amines) is 1. The molecule has 1 N–H and O–H groups in total. The van der Waals surface area contributed by atoms with Crippen LogP contribution in [0.1, 0.15) is 31.2 Å². The molecule has 0 aromatic heterocycles. The number of aromatic hydroxyl groups is 1. The van der Waals surface area contributed by atoms with E-state index in [9.17, 15) is 33.5 Å². The van der Waals surface area contributed by atoms with Crippen LogP contribution in [0.5, 0.6) is 5.75 Å². The molecule has 1 aromatic rings. The predicted molar refractivity (Wildman–Crippen MR) is 114 cm³/mol. The molecule has 1 fully saturated rings. The van der Waals surface area contributed by atoms with Gasteiger partial charge in [0.25, 0.3) is 0 Å². The number of hydrogen-bond acceptors (Lipinski definition) is 7. The van der Waals surface area contributed by atoms with E-state index in [0.29, 0.717) is 10.5 Å². The summed E-state index contributed by atoms with van der Waals surface area (Å²) in [7, 11) is 1.07. The quantitative estimate of drug-likeness (QED) is 0.385. The first-order valence-corrected chi connectivity index (χ1v) is 10.8. The fourth-order valence-electron chi connectivity index (χ4n) is 5.77. The first kappa shape index (κ1) is 21.9. The van der Waals surface area contributed by atoms with E-state index >= 15 is 0 Å². The summed E-state index contributed by atoms with van der Waals surface area (Å²) < 4.78 is 18.9. The lowest BCUT2D eigenvalue weighted by Crippen LogP contribution is -2.40. The number of para-hydroxylation sites is 1. The summed E-state index contributed by atoms with van der Waals surface area (Å²) in [5.74, 6) is -7.19. The molecule has 0 bridgehead atoms. The third kappa shape index (κ3) is 2.85. The topological polar surface area (TPSA) is 118 Å². The molecule has 4 atom stereocenters. The number of amides is 3. The van der Waals surface area contributed by atoms with Crippen molar-refractivity contribution in [2.75, 3.05) is 7.11 Å². The molecule has 0 radical (unpaired) electrons. The van der Waals surface area contributed by atoms with E-state index in [-0.39, 0.29) is 40.9 Å². The molecule has 5 rings (SSSR count). The van der Waals surface area contributed by atoms with E-state index < -0.39 is 58.9 Å². The second-order valence-corrected chi connectivity index (χ2v) is 8.89. The SMILES string of the molecule is COC(=O)N1C(=O)[C@H]2[C@H](CC=C3[C@H](c4cccc(F)c4O)C4=C(C[C@H]32)C(=O)C(C)=CC4=O)C1=O. The Labute approximate surface area is 193 Å². The van der Waals surface area contributed by atoms with Crippen LogP contribution < -0.4 is 0 Å². The Morgan fingerprint density at radius 3 is 2.59 bits per heavy atom. The van der Waals surface area contributed by atoms with Gasteiger partial charge < -0.3 is 9.84 Å². The highest BCUT2D eigenvalue weighted by Gasteiger charge is 2.58. The van der Waals surface area contributed by atoms with Crippen molar-refractivity contribution in [1.82, 2.24) is 4.90 Å². The van der Waals surface area contributed by atoms with E-state index in [2.05, 4.69) is 4.74 Å². The molecule has 1 aliphatic heterocycles. The minimum absolute atomic E-state index is 0.0126. The highest BCUT2D eigenvalue weighted by atomic mass is 19.1. The Morgan fingerprint density at radius 2 is 1.88 bits per heavy atom. The number of fused-ring (bicyclic) bond motifs is 3. The number of imide groups is 3. The minimum atomic E-state index is -1.08. The molecule has 1 heterocycles. The van der Waals surface area contributed by atoms with Gasteiger partial charge in [-0.05, 0) is 37.8 Å². The second kappa shape index (κ2) is 7.58. The summed E-state index contributed by atoms with van der Waals surface area (Å²) >= 11 is 0. The van der Waals surface area contributed by atoms with Crippen LogP contribution in [0.3, 0.4) is 0 Å². The van der Waals surface area contributed by atoms with E-state index in [1.165, 1.54) is 25.1 Å². The van der Waals surface area contributed by atoms with Crippen molar-refractivity contribution >= 4 is 29.5 Å². The molecular weight excluding hydrogens is 445 g/mol. The molecule has 4 aliphatic rings. The smallest absolute Gasteiger partial charge is 0.423 e. The molecule has 0 unspecified atom stereocenters. The Balaban J connectivity index is 1.70. The number of phenolic OH excluding ortho intramolecular Hbond substituents is 1. The van der Waals surface area contributed by atoms with Crippen molar-refractivity contribution < 1.29 is 38.2 Å². The predicted octanol–water partition coefficient (Wildman–Crippen LogP) is 2.73. The van der Waals surface area contributed by atoms with E-state index in [4.69, 9.17) is 0 Å². The zero-order valence-electron chi connectivity index (χ0n) is 18.3. The number of Topliss-reactive ketones (excluding diaryl/α,β-unsaturated/α-hetero) is 1.